The number of methoxy groups -OCH3 is 1. The number of hydrogen-bond acceptors (Lipinski definition) is 5. The molecule has 27 heavy (non-hydrogen) atoms. The van der Waals surface area contributed by atoms with Crippen molar-refractivity contribution in [3.05, 3.63) is 48.0 Å². The van der Waals surface area contributed by atoms with E-state index in [9.17, 15) is 0 Å². The number of para-hydroxylation sites is 2. The van der Waals surface area contributed by atoms with Crippen LogP contribution in [0.15, 0.2) is 42.5 Å². The Balaban J connectivity index is 1.61. The first kappa shape index (κ1) is 19.4. The Morgan fingerprint density at radius 2 is 1.52 bits per heavy atom. The maximum Gasteiger partial charge on any atom is 0.161 e. The molecule has 0 aliphatic carbocycles. The molecule has 0 unspecified atom stereocenters. The summed E-state index contributed by atoms with van der Waals surface area (Å²) >= 11 is 0. The maximum absolute atomic E-state index is 5.79. The largest absolute Gasteiger partial charge is 0.493 e. The molecule has 1 fully saturated rings. The first-order valence-corrected chi connectivity index (χ1v) is 9.74. The van der Waals surface area contributed by atoms with Crippen LogP contribution in [0.3, 0.4) is 0 Å². The highest BCUT2D eigenvalue weighted by Crippen LogP contribution is 2.30. The van der Waals surface area contributed by atoms with E-state index in [1.54, 1.807) is 7.11 Å². The average molecular weight is 370 g/mol. The molecule has 146 valence electrons. The lowest BCUT2D eigenvalue weighted by atomic mass is 10.1. The molecule has 0 saturated carbocycles. The van der Waals surface area contributed by atoms with Gasteiger partial charge in [0, 0.05) is 32.7 Å². The van der Waals surface area contributed by atoms with Crippen molar-refractivity contribution in [3.8, 4) is 17.2 Å². The molecule has 1 aliphatic rings. The first-order valence-electron chi connectivity index (χ1n) is 9.74. The van der Waals surface area contributed by atoms with Crippen molar-refractivity contribution < 1.29 is 14.2 Å². The molecule has 1 saturated heterocycles. The molecule has 5 nitrogen and oxygen atoms in total. The van der Waals surface area contributed by atoms with E-state index in [0.717, 1.165) is 50.0 Å². The van der Waals surface area contributed by atoms with Crippen molar-refractivity contribution in [1.29, 1.82) is 0 Å². The Morgan fingerprint density at radius 3 is 2.22 bits per heavy atom. The lowest BCUT2D eigenvalue weighted by molar-refractivity contribution is 0.247. The molecular formula is C22H30N2O3. The summed E-state index contributed by atoms with van der Waals surface area (Å²) in [7, 11) is 1.68. The number of nitrogens with zero attached hydrogens (tertiary/aromatic N) is 2. The number of piperazine rings is 1. The zero-order chi connectivity index (χ0) is 19.1. The summed E-state index contributed by atoms with van der Waals surface area (Å²) in [6, 6.07) is 14.5. The highest BCUT2D eigenvalue weighted by Gasteiger charge is 2.20. The SMILES string of the molecule is CCOc1cc(CN2CCN(c3ccccc3OCC)CC2)ccc1OC. The standard InChI is InChI=1S/C22H30N2O3/c1-4-26-20-9-7-6-8-19(20)24-14-12-23(13-15-24)17-18-10-11-21(25-3)22(16-18)27-5-2/h6-11,16H,4-5,12-15,17H2,1-3H3. The van der Waals surface area contributed by atoms with Gasteiger partial charge in [0.25, 0.3) is 0 Å². The summed E-state index contributed by atoms with van der Waals surface area (Å²) in [4.78, 5) is 4.90. The highest BCUT2D eigenvalue weighted by molar-refractivity contribution is 5.58. The molecule has 0 amide bonds. The predicted molar refractivity (Wildman–Crippen MR) is 109 cm³/mol. The predicted octanol–water partition coefficient (Wildman–Crippen LogP) is 3.81. The van der Waals surface area contributed by atoms with Gasteiger partial charge >= 0.3 is 0 Å². The van der Waals surface area contributed by atoms with Gasteiger partial charge in [-0.3, -0.25) is 4.90 Å². The van der Waals surface area contributed by atoms with Crippen LogP contribution in [0.1, 0.15) is 19.4 Å². The van der Waals surface area contributed by atoms with E-state index in [-0.39, 0.29) is 0 Å². The van der Waals surface area contributed by atoms with E-state index in [0.29, 0.717) is 13.2 Å². The third kappa shape index (κ3) is 4.86. The molecule has 0 aromatic heterocycles. The van der Waals surface area contributed by atoms with Crippen molar-refractivity contribution in [3.63, 3.8) is 0 Å². The van der Waals surface area contributed by atoms with Crippen LogP contribution in [0.25, 0.3) is 0 Å². The lowest BCUT2D eigenvalue weighted by Crippen LogP contribution is -2.46. The molecular weight excluding hydrogens is 340 g/mol. The van der Waals surface area contributed by atoms with Crippen molar-refractivity contribution in [2.45, 2.75) is 20.4 Å². The summed E-state index contributed by atoms with van der Waals surface area (Å²) in [5.41, 5.74) is 2.45. The topological polar surface area (TPSA) is 34.2 Å². The fourth-order valence-electron chi connectivity index (χ4n) is 3.49. The molecule has 2 aromatic rings. The van der Waals surface area contributed by atoms with Crippen LogP contribution in [-0.4, -0.2) is 51.4 Å². The minimum atomic E-state index is 0.637. The Kier molecular flexibility index (Phi) is 6.82. The maximum atomic E-state index is 5.79. The fourth-order valence-corrected chi connectivity index (χ4v) is 3.49. The van der Waals surface area contributed by atoms with Gasteiger partial charge in [-0.15, -0.1) is 0 Å². The Labute approximate surface area is 162 Å². The van der Waals surface area contributed by atoms with E-state index in [1.165, 1.54) is 11.3 Å². The monoisotopic (exact) mass is 370 g/mol. The van der Waals surface area contributed by atoms with Crippen molar-refractivity contribution in [1.82, 2.24) is 4.90 Å². The molecule has 0 spiro atoms. The smallest absolute Gasteiger partial charge is 0.161 e. The fraction of sp³-hybridized carbons (Fsp3) is 0.455. The van der Waals surface area contributed by atoms with E-state index >= 15 is 0 Å². The second-order valence-electron chi connectivity index (χ2n) is 6.58. The lowest BCUT2D eigenvalue weighted by Gasteiger charge is -2.36. The summed E-state index contributed by atoms with van der Waals surface area (Å²) in [6.07, 6.45) is 0. The van der Waals surface area contributed by atoms with Gasteiger partial charge in [-0.1, -0.05) is 18.2 Å². The third-order valence-corrected chi connectivity index (χ3v) is 4.81. The summed E-state index contributed by atoms with van der Waals surface area (Å²) in [5, 5.41) is 0. The van der Waals surface area contributed by atoms with Crippen LogP contribution in [0.2, 0.25) is 0 Å². The van der Waals surface area contributed by atoms with Gasteiger partial charge in [0.1, 0.15) is 5.75 Å². The van der Waals surface area contributed by atoms with Crippen LogP contribution < -0.4 is 19.1 Å². The summed E-state index contributed by atoms with van der Waals surface area (Å²) in [5.74, 6) is 2.59. The number of hydrogen-bond donors (Lipinski definition) is 0. The number of rotatable bonds is 8. The van der Waals surface area contributed by atoms with E-state index < -0.39 is 0 Å². The van der Waals surface area contributed by atoms with Crippen molar-refractivity contribution in [2.75, 3.05) is 51.4 Å². The molecule has 3 rings (SSSR count). The van der Waals surface area contributed by atoms with Gasteiger partial charge in [-0.2, -0.15) is 0 Å². The second-order valence-corrected chi connectivity index (χ2v) is 6.58. The third-order valence-electron chi connectivity index (χ3n) is 4.81. The molecule has 1 heterocycles. The molecule has 5 heteroatoms. The van der Waals surface area contributed by atoms with Gasteiger partial charge in [-0.05, 0) is 43.7 Å². The molecule has 2 aromatic carbocycles. The first-order chi connectivity index (χ1) is 13.2. The molecule has 0 bridgehead atoms. The van der Waals surface area contributed by atoms with Crippen LogP contribution in [0.4, 0.5) is 5.69 Å². The number of ether oxygens (including phenoxy) is 3. The minimum Gasteiger partial charge on any atom is -0.493 e. The van der Waals surface area contributed by atoms with Gasteiger partial charge < -0.3 is 19.1 Å². The molecule has 0 radical (unpaired) electrons. The van der Waals surface area contributed by atoms with Gasteiger partial charge in [-0.25, -0.2) is 0 Å². The Bertz CT molecular complexity index is 727. The van der Waals surface area contributed by atoms with E-state index in [4.69, 9.17) is 14.2 Å². The van der Waals surface area contributed by atoms with Crippen molar-refractivity contribution >= 4 is 5.69 Å². The average Bonchev–Trinajstić information content (AvgIpc) is 2.70. The van der Waals surface area contributed by atoms with Crippen LogP contribution >= 0.6 is 0 Å². The van der Waals surface area contributed by atoms with Gasteiger partial charge in [0.05, 0.1) is 26.0 Å². The molecule has 1 aliphatic heterocycles. The van der Waals surface area contributed by atoms with Gasteiger partial charge in [0.15, 0.2) is 11.5 Å². The zero-order valence-corrected chi connectivity index (χ0v) is 16.6. The number of anilines is 1. The van der Waals surface area contributed by atoms with E-state index in [1.807, 2.05) is 26.0 Å². The summed E-state index contributed by atoms with van der Waals surface area (Å²) in [6.45, 7) is 10.3. The van der Waals surface area contributed by atoms with Gasteiger partial charge in [0.2, 0.25) is 0 Å². The van der Waals surface area contributed by atoms with Crippen molar-refractivity contribution in [2.24, 2.45) is 0 Å². The quantitative estimate of drug-likeness (QED) is 0.706. The Morgan fingerprint density at radius 1 is 0.815 bits per heavy atom. The number of benzene rings is 2. The summed E-state index contributed by atoms with van der Waals surface area (Å²) < 4.78 is 16.9. The Hall–Kier alpha value is -2.40. The zero-order valence-electron chi connectivity index (χ0n) is 16.6. The molecule has 0 N–H and O–H groups in total. The highest BCUT2D eigenvalue weighted by atomic mass is 16.5. The van der Waals surface area contributed by atoms with Crippen LogP contribution in [-0.2, 0) is 6.54 Å². The van der Waals surface area contributed by atoms with Crippen LogP contribution in [0, 0.1) is 0 Å². The normalized spacial score (nSPS) is 14.9. The minimum absolute atomic E-state index is 0.637. The van der Waals surface area contributed by atoms with E-state index in [2.05, 4.69) is 40.1 Å². The molecule has 0 atom stereocenters. The second kappa shape index (κ2) is 9.51. The van der Waals surface area contributed by atoms with Crippen LogP contribution in [0.5, 0.6) is 17.2 Å².